The van der Waals surface area contributed by atoms with Gasteiger partial charge in [-0.2, -0.15) is 4.98 Å². The molecule has 0 aliphatic rings. The zero-order chi connectivity index (χ0) is 15.7. The smallest absolute Gasteiger partial charge is 0.244 e. The summed E-state index contributed by atoms with van der Waals surface area (Å²) in [6.07, 6.45) is 4.52. The molecule has 114 valence electrons. The van der Waals surface area contributed by atoms with Crippen molar-refractivity contribution in [2.45, 2.75) is 19.4 Å². The van der Waals surface area contributed by atoms with Gasteiger partial charge in [0.1, 0.15) is 0 Å². The SMILES string of the molecule is CCC(c1nc(-c2ccc(Br)c3ccncc23)no1)N(C)C. The Kier molecular flexibility index (Phi) is 4.22. The van der Waals surface area contributed by atoms with E-state index in [9.17, 15) is 0 Å². The van der Waals surface area contributed by atoms with Gasteiger partial charge in [-0.25, -0.2) is 0 Å². The van der Waals surface area contributed by atoms with Crippen LogP contribution in [0, 0.1) is 0 Å². The standard InChI is InChI=1S/C16H17BrN4O/c1-4-14(21(2)3)16-19-15(20-22-16)11-5-6-13(17)10-7-8-18-9-12(10)11/h5-9,14H,4H2,1-3H3. The molecule has 0 N–H and O–H groups in total. The van der Waals surface area contributed by atoms with Gasteiger partial charge in [-0.05, 0) is 44.1 Å². The summed E-state index contributed by atoms with van der Waals surface area (Å²) in [6, 6.07) is 6.08. The Labute approximate surface area is 137 Å². The van der Waals surface area contributed by atoms with E-state index in [-0.39, 0.29) is 6.04 Å². The van der Waals surface area contributed by atoms with Crippen LogP contribution in [-0.2, 0) is 0 Å². The van der Waals surface area contributed by atoms with Gasteiger partial charge in [-0.15, -0.1) is 0 Å². The lowest BCUT2D eigenvalue weighted by molar-refractivity contribution is 0.224. The van der Waals surface area contributed by atoms with Gasteiger partial charge in [-0.3, -0.25) is 9.88 Å². The van der Waals surface area contributed by atoms with Gasteiger partial charge in [-0.1, -0.05) is 28.0 Å². The van der Waals surface area contributed by atoms with Crippen molar-refractivity contribution < 1.29 is 4.52 Å². The molecule has 0 aliphatic carbocycles. The first-order valence-electron chi connectivity index (χ1n) is 7.14. The quantitative estimate of drug-likeness (QED) is 0.702. The van der Waals surface area contributed by atoms with Gasteiger partial charge in [0.25, 0.3) is 0 Å². The summed E-state index contributed by atoms with van der Waals surface area (Å²) in [4.78, 5) is 10.9. The van der Waals surface area contributed by atoms with Crippen molar-refractivity contribution in [1.29, 1.82) is 0 Å². The lowest BCUT2D eigenvalue weighted by atomic mass is 10.1. The minimum absolute atomic E-state index is 0.126. The van der Waals surface area contributed by atoms with Crippen LogP contribution < -0.4 is 0 Å². The lowest BCUT2D eigenvalue weighted by Crippen LogP contribution is -2.19. The minimum atomic E-state index is 0.126. The third-order valence-electron chi connectivity index (χ3n) is 3.74. The molecule has 1 unspecified atom stereocenters. The third kappa shape index (κ3) is 2.64. The number of benzene rings is 1. The zero-order valence-corrected chi connectivity index (χ0v) is 14.3. The number of pyridine rings is 1. The highest BCUT2D eigenvalue weighted by Crippen LogP contribution is 2.32. The maximum Gasteiger partial charge on any atom is 0.244 e. The zero-order valence-electron chi connectivity index (χ0n) is 12.7. The topological polar surface area (TPSA) is 55.1 Å². The summed E-state index contributed by atoms with van der Waals surface area (Å²) in [5, 5.41) is 6.25. The van der Waals surface area contributed by atoms with Crippen molar-refractivity contribution in [3.8, 4) is 11.4 Å². The molecule has 0 saturated heterocycles. The van der Waals surface area contributed by atoms with E-state index < -0.39 is 0 Å². The normalized spacial score (nSPS) is 13.0. The van der Waals surface area contributed by atoms with E-state index >= 15 is 0 Å². The van der Waals surface area contributed by atoms with Crippen LogP contribution in [0.15, 0.2) is 39.6 Å². The molecule has 0 amide bonds. The van der Waals surface area contributed by atoms with Crippen LogP contribution in [0.4, 0.5) is 0 Å². The van der Waals surface area contributed by atoms with Crippen molar-refractivity contribution in [3.05, 3.63) is 41.0 Å². The van der Waals surface area contributed by atoms with Gasteiger partial charge >= 0.3 is 0 Å². The molecule has 5 nitrogen and oxygen atoms in total. The fourth-order valence-electron chi connectivity index (χ4n) is 2.59. The van der Waals surface area contributed by atoms with E-state index in [4.69, 9.17) is 4.52 Å². The maximum absolute atomic E-state index is 5.48. The highest BCUT2D eigenvalue weighted by atomic mass is 79.9. The predicted octanol–water partition coefficient (Wildman–Crippen LogP) is 4.06. The second kappa shape index (κ2) is 6.14. The molecule has 0 bridgehead atoms. The van der Waals surface area contributed by atoms with E-state index in [1.807, 2.05) is 38.5 Å². The summed E-state index contributed by atoms with van der Waals surface area (Å²) >= 11 is 3.56. The van der Waals surface area contributed by atoms with Gasteiger partial charge in [0, 0.05) is 27.8 Å². The van der Waals surface area contributed by atoms with E-state index in [0.717, 1.165) is 27.2 Å². The molecule has 3 rings (SSSR count). The molecule has 0 saturated carbocycles. The Bertz CT molecular complexity index is 800. The van der Waals surface area contributed by atoms with Crippen LogP contribution in [0.5, 0.6) is 0 Å². The largest absolute Gasteiger partial charge is 0.337 e. The highest BCUT2D eigenvalue weighted by Gasteiger charge is 2.20. The number of hydrogen-bond acceptors (Lipinski definition) is 5. The second-order valence-electron chi connectivity index (χ2n) is 5.36. The number of halogens is 1. The summed E-state index contributed by atoms with van der Waals surface area (Å²) < 4.78 is 6.50. The first-order valence-corrected chi connectivity index (χ1v) is 7.93. The molecule has 22 heavy (non-hydrogen) atoms. The number of nitrogens with zero attached hydrogens (tertiary/aromatic N) is 4. The molecular weight excluding hydrogens is 344 g/mol. The summed E-state index contributed by atoms with van der Waals surface area (Å²) in [5.74, 6) is 1.24. The highest BCUT2D eigenvalue weighted by molar-refractivity contribution is 9.10. The van der Waals surface area contributed by atoms with Crippen molar-refractivity contribution >= 4 is 26.7 Å². The number of fused-ring (bicyclic) bond motifs is 1. The number of aromatic nitrogens is 3. The maximum atomic E-state index is 5.48. The molecule has 0 fully saturated rings. The van der Waals surface area contributed by atoms with Crippen molar-refractivity contribution in [2.75, 3.05) is 14.1 Å². The van der Waals surface area contributed by atoms with E-state index in [1.54, 1.807) is 6.20 Å². The molecular formula is C16H17BrN4O. The molecule has 1 atom stereocenters. The van der Waals surface area contributed by atoms with Gasteiger partial charge in [0.15, 0.2) is 0 Å². The molecule has 0 radical (unpaired) electrons. The van der Waals surface area contributed by atoms with Crippen LogP contribution in [0.2, 0.25) is 0 Å². The Morgan fingerprint density at radius 1 is 1.23 bits per heavy atom. The first kappa shape index (κ1) is 15.1. The molecule has 2 aromatic heterocycles. The Balaban J connectivity index is 2.10. The molecule has 0 aliphatic heterocycles. The van der Waals surface area contributed by atoms with Gasteiger partial charge < -0.3 is 4.52 Å². The summed E-state index contributed by atoms with van der Waals surface area (Å²) in [6.45, 7) is 2.10. The molecule has 2 heterocycles. The van der Waals surface area contributed by atoms with Crippen LogP contribution in [0.25, 0.3) is 22.2 Å². The Hall–Kier alpha value is -1.79. The predicted molar refractivity (Wildman–Crippen MR) is 89.5 cm³/mol. The number of hydrogen-bond donors (Lipinski definition) is 0. The van der Waals surface area contributed by atoms with Crippen molar-refractivity contribution in [1.82, 2.24) is 20.0 Å². The average Bonchev–Trinajstić information content (AvgIpc) is 2.97. The molecule has 0 spiro atoms. The lowest BCUT2D eigenvalue weighted by Gasteiger charge is -2.18. The fourth-order valence-corrected chi connectivity index (χ4v) is 3.07. The third-order valence-corrected chi connectivity index (χ3v) is 4.43. The van der Waals surface area contributed by atoms with Crippen molar-refractivity contribution in [3.63, 3.8) is 0 Å². The molecule has 3 aromatic rings. The van der Waals surface area contributed by atoms with Gasteiger partial charge in [0.2, 0.25) is 11.7 Å². The van der Waals surface area contributed by atoms with E-state index in [1.165, 1.54) is 0 Å². The second-order valence-corrected chi connectivity index (χ2v) is 6.21. The first-order chi connectivity index (χ1) is 10.6. The fraction of sp³-hybridized carbons (Fsp3) is 0.312. The van der Waals surface area contributed by atoms with E-state index in [0.29, 0.717) is 11.7 Å². The molecule has 6 heteroatoms. The average molecular weight is 361 g/mol. The Morgan fingerprint density at radius 3 is 2.77 bits per heavy atom. The van der Waals surface area contributed by atoms with Crippen LogP contribution in [0.3, 0.4) is 0 Å². The van der Waals surface area contributed by atoms with Crippen molar-refractivity contribution in [2.24, 2.45) is 0 Å². The van der Waals surface area contributed by atoms with Crippen LogP contribution in [-0.4, -0.2) is 34.1 Å². The minimum Gasteiger partial charge on any atom is -0.337 e. The monoisotopic (exact) mass is 360 g/mol. The van der Waals surface area contributed by atoms with Gasteiger partial charge in [0.05, 0.1) is 6.04 Å². The van der Waals surface area contributed by atoms with E-state index in [2.05, 4.69) is 42.9 Å². The van der Waals surface area contributed by atoms with Crippen LogP contribution >= 0.6 is 15.9 Å². The number of rotatable bonds is 4. The summed E-state index contributed by atoms with van der Waals surface area (Å²) in [5.41, 5.74) is 0.926. The van der Waals surface area contributed by atoms with Crippen LogP contribution in [0.1, 0.15) is 25.3 Å². The summed E-state index contributed by atoms with van der Waals surface area (Å²) in [7, 11) is 4.02. The Morgan fingerprint density at radius 2 is 2.05 bits per heavy atom. The molecule has 1 aromatic carbocycles.